The predicted molar refractivity (Wildman–Crippen MR) is 86.3 cm³/mol. The van der Waals surface area contributed by atoms with Crippen LogP contribution < -0.4 is 10.2 Å². The van der Waals surface area contributed by atoms with Gasteiger partial charge < -0.3 is 15.0 Å². The highest BCUT2D eigenvalue weighted by Crippen LogP contribution is 2.23. The van der Waals surface area contributed by atoms with Gasteiger partial charge in [-0.05, 0) is 51.6 Å². The van der Waals surface area contributed by atoms with E-state index in [1.807, 2.05) is 33.8 Å². The Hall–Kier alpha value is -1.56. The molecule has 0 aromatic carbocycles. The monoisotopic (exact) mass is 326 g/mol. The normalized spacial score (nSPS) is 18.4. The predicted octanol–water partition coefficient (Wildman–Crippen LogP) is 2.79. The Kier molecular flexibility index (Phi) is 5.11. The van der Waals surface area contributed by atoms with Crippen LogP contribution in [0.2, 0.25) is 5.28 Å². The van der Waals surface area contributed by atoms with Crippen LogP contribution >= 0.6 is 11.6 Å². The summed E-state index contributed by atoms with van der Waals surface area (Å²) < 4.78 is 5.24. The van der Waals surface area contributed by atoms with Crippen LogP contribution in [0.1, 0.15) is 32.9 Å². The Balaban J connectivity index is 1.84. The molecule has 1 fully saturated rings. The first-order valence-electron chi connectivity index (χ1n) is 7.46. The molecule has 22 heavy (non-hydrogen) atoms. The van der Waals surface area contributed by atoms with Crippen LogP contribution in [0.5, 0.6) is 0 Å². The molecule has 1 N–H and O–H groups in total. The highest BCUT2D eigenvalue weighted by molar-refractivity contribution is 6.28. The van der Waals surface area contributed by atoms with E-state index in [0.717, 1.165) is 31.0 Å². The van der Waals surface area contributed by atoms with Crippen LogP contribution in [0.25, 0.3) is 0 Å². The number of amides is 1. The fourth-order valence-corrected chi connectivity index (χ4v) is 2.65. The maximum Gasteiger partial charge on any atom is 0.407 e. The van der Waals surface area contributed by atoms with E-state index < -0.39 is 5.60 Å². The third kappa shape index (κ3) is 5.02. The summed E-state index contributed by atoms with van der Waals surface area (Å²) in [5, 5.41) is 3.10. The van der Waals surface area contributed by atoms with Gasteiger partial charge in [-0.1, -0.05) is 0 Å². The van der Waals surface area contributed by atoms with Gasteiger partial charge in [0, 0.05) is 31.4 Å². The third-order valence-corrected chi connectivity index (χ3v) is 3.53. The van der Waals surface area contributed by atoms with Crippen molar-refractivity contribution >= 4 is 23.5 Å². The lowest BCUT2D eigenvalue weighted by Crippen LogP contribution is -2.36. The number of hydrogen-bond acceptors (Lipinski definition) is 5. The minimum absolute atomic E-state index is 0.269. The zero-order valence-electron chi connectivity index (χ0n) is 13.5. The first-order chi connectivity index (χ1) is 10.2. The van der Waals surface area contributed by atoms with Crippen LogP contribution in [0, 0.1) is 12.8 Å². The van der Waals surface area contributed by atoms with E-state index in [-0.39, 0.29) is 11.4 Å². The van der Waals surface area contributed by atoms with Crippen LogP contribution in [-0.2, 0) is 4.74 Å². The largest absolute Gasteiger partial charge is 0.444 e. The van der Waals surface area contributed by atoms with Gasteiger partial charge in [0.1, 0.15) is 11.4 Å². The number of nitrogens with zero attached hydrogens (tertiary/aromatic N) is 3. The summed E-state index contributed by atoms with van der Waals surface area (Å²) in [7, 11) is 0. The Bertz CT molecular complexity index is 525. The van der Waals surface area contributed by atoms with Crippen molar-refractivity contribution in [2.45, 2.75) is 39.7 Å². The molecule has 0 bridgehead atoms. The number of carbonyl (C=O) groups excluding carboxylic acids is 1. The Morgan fingerprint density at radius 2 is 2.23 bits per heavy atom. The van der Waals surface area contributed by atoms with Crippen molar-refractivity contribution in [3.8, 4) is 0 Å². The van der Waals surface area contributed by atoms with Gasteiger partial charge in [-0.2, -0.15) is 0 Å². The number of nitrogens with one attached hydrogen (secondary N) is 1. The first-order valence-corrected chi connectivity index (χ1v) is 7.84. The average molecular weight is 327 g/mol. The van der Waals surface area contributed by atoms with Gasteiger partial charge in [0.15, 0.2) is 0 Å². The molecule has 1 aliphatic rings. The molecule has 2 rings (SSSR count). The van der Waals surface area contributed by atoms with Crippen molar-refractivity contribution in [1.29, 1.82) is 0 Å². The number of halogens is 1. The van der Waals surface area contributed by atoms with E-state index in [0.29, 0.717) is 12.5 Å². The molecule has 1 atom stereocenters. The molecule has 0 radical (unpaired) electrons. The summed E-state index contributed by atoms with van der Waals surface area (Å²) in [6.07, 6.45) is 0.628. The number of alkyl carbamates (subject to hydrolysis) is 1. The zero-order chi connectivity index (χ0) is 16.3. The highest BCUT2D eigenvalue weighted by atomic mass is 35.5. The molecule has 122 valence electrons. The quantitative estimate of drug-likeness (QED) is 0.865. The number of ether oxygens (including phenoxy) is 1. The molecule has 7 heteroatoms. The minimum atomic E-state index is -0.471. The van der Waals surface area contributed by atoms with E-state index in [4.69, 9.17) is 16.3 Å². The average Bonchev–Trinajstić information content (AvgIpc) is 2.82. The Labute approximate surface area is 136 Å². The van der Waals surface area contributed by atoms with Crippen molar-refractivity contribution in [3.05, 3.63) is 17.0 Å². The molecule has 1 amide bonds. The van der Waals surface area contributed by atoms with Gasteiger partial charge in [0.25, 0.3) is 0 Å². The standard InChI is InChI=1S/C15H23ClN4O2/c1-10-7-12(19-13(16)18-10)20-6-5-11(9-20)8-17-14(21)22-15(2,3)4/h7,11H,5-6,8-9H2,1-4H3,(H,17,21)/t11-/m1/s1. The smallest absolute Gasteiger partial charge is 0.407 e. The molecular weight excluding hydrogens is 304 g/mol. The molecule has 0 unspecified atom stereocenters. The topological polar surface area (TPSA) is 67.4 Å². The molecule has 1 aromatic rings. The second-order valence-electron chi connectivity index (χ2n) is 6.62. The molecule has 2 heterocycles. The maximum absolute atomic E-state index is 11.7. The van der Waals surface area contributed by atoms with Gasteiger partial charge in [-0.15, -0.1) is 0 Å². The molecule has 1 aliphatic heterocycles. The molecule has 1 aromatic heterocycles. The second-order valence-corrected chi connectivity index (χ2v) is 6.96. The SMILES string of the molecule is Cc1cc(N2CC[C@H](CNC(=O)OC(C)(C)C)C2)nc(Cl)n1. The number of aromatic nitrogens is 2. The fourth-order valence-electron chi connectivity index (χ4n) is 2.43. The first kappa shape index (κ1) is 16.8. The summed E-state index contributed by atoms with van der Waals surface area (Å²) in [6, 6.07) is 1.93. The molecular formula is C15H23ClN4O2. The third-order valence-electron chi connectivity index (χ3n) is 3.36. The molecule has 6 nitrogen and oxygen atoms in total. The van der Waals surface area contributed by atoms with Gasteiger partial charge in [0.2, 0.25) is 5.28 Å². The van der Waals surface area contributed by atoms with Crippen LogP contribution in [-0.4, -0.2) is 41.3 Å². The van der Waals surface area contributed by atoms with Crippen molar-refractivity contribution in [1.82, 2.24) is 15.3 Å². The number of carbonyl (C=O) groups is 1. The molecule has 0 aliphatic carbocycles. The van der Waals surface area contributed by atoms with Gasteiger partial charge >= 0.3 is 6.09 Å². The van der Waals surface area contributed by atoms with Crippen molar-refractivity contribution in [2.24, 2.45) is 5.92 Å². The summed E-state index contributed by atoms with van der Waals surface area (Å²) in [5.74, 6) is 1.22. The Morgan fingerprint density at radius 3 is 2.86 bits per heavy atom. The Morgan fingerprint density at radius 1 is 1.50 bits per heavy atom. The van der Waals surface area contributed by atoms with E-state index in [2.05, 4.69) is 20.2 Å². The van der Waals surface area contributed by atoms with E-state index >= 15 is 0 Å². The molecule has 0 saturated carbocycles. The van der Waals surface area contributed by atoms with Crippen molar-refractivity contribution < 1.29 is 9.53 Å². The van der Waals surface area contributed by atoms with Crippen LogP contribution in [0.4, 0.5) is 10.6 Å². The lowest BCUT2D eigenvalue weighted by Gasteiger charge is -2.21. The maximum atomic E-state index is 11.7. The number of aryl methyl sites for hydroxylation is 1. The van der Waals surface area contributed by atoms with Crippen LogP contribution in [0.15, 0.2) is 6.07 Å². The number of anilines is 1. The minimum Gasteiger partial charge on any atom is -0.444 e. The highest BCUT2D eigenvalue weighted by Gasteiger charge is 2.25. The van der Waals surface area contributed by atoms with E-state index in [1.54, 1.807) is 0 Å². The fraction of sp³-hybridized carbons (Fsp3) is 0.667. The summed E-state index contributed by atoms with van der Waals surface area (Å²) in [6.45, 7) is 9.79. The van der Waals surface area contributed by atoms with Crippen molar-refractivity contribution in [3.63, 3.8) is 0 Å². The van der Waals surface area contributed by atoms with Gasteiger partial charge in [-0.25, -0.2) is 14.8 Å². The van der Waals surface area contributed by atoms with Gasteiger partial charge in [0.05, 0.1) is 0 Å². The number of rotatable bonds is 3. The summed E-state index contributed by atoms with van der Waals surface area (Å²) in [4.78, 5) is 22.2. The lowest BCUT2D eigenvalue weighted by atomic mass is 10.1. The molecule has 0 spiro atoms. The zero-order valence-corrected chi connectivity index (χ0v) is 14.3. The van der Waals surface area contributed by atoms with E-state index in [9.17, 15) is 4.79 Å². The summed E-state index contributed by atoms with van der Waals surface area (Å²) in [5.41, 5.74) is 0.381. The lowest BCUT2D eigenvalue weighted by molar-refractivity contribution is 0.0520. The molecule has 1 saturated heterocycles. The van der Waals surface area contributed by atoms with Crippen LogP contribution in [0.3, 0.4) is 0 Å². The second kappa shape index (κ2) is 6.69. The van der Waals surface area contributed by atoms with E-state index in [1.165, 1.54) is 0 Å². The number of hydrogen-bond donors (Lipinski definition) is 1. The van der Waals surface area contributed by atoms with Crippen molar-refractivity contribution in [2.75, 3.05) is 24.5 Å². The summed E-state index contributed by atoms with van der Waals surface area (Å²) >= 11 is 5.91. The van der Waals surface area contributed by atoms with Gasteiger partial charge in [-0.3, -0.25) is 0 Å².